The predicted octanol–water partition coefficient (Wildman–Crippen LogP) is 5.86. The van der Waals surface area contributed by atoms with Crippen molar-refractivity contribution < 1.29 is 14.6 Å². The van der Waals surface area contributed by atoms with Gasteiger partial charge in [0, 0.05) is 17.8 Å². The van der Waals surface area contributed by atoms with Crippen molar-refractivity contribution in [1.82, 2.24) is 4.57 Å². The summed E-state index contributed by atoms with van der Waals surface area (Å²) in [5, 5.41) is 10.1. The second-order valence-electron chi connectivity index (χ2n) is 7.71. The third kappa shape index (κ3) is 4.53. The van der Waals surface area contributed by atoms with Crippen LogP contribution in [0.5, 0.6) is 5.75 Å². The van der Waals surface area contributed by atoms with E-state index in [0.29, 0.717) is 6.42 Å². The van der Waals surface area contributed by atoms with Crippen LogP contribution in [0.2, 0.25) is 0 Å². The Kier molecular flexibility index (Phi) is 5.89. The summed E-state index contributed by atoms with van der Waals surface area (Å²) in [6.07, 6.45) is 4.01. The van der Waals surface area contributed by atoms with Crippen LogP contribution < -0.4 is 4.74 Å². The first-order valence-electron chi connectivity index (χ1n) is 10.2. The zero-order chi connectivity index (χ0) is 21.8. The van der Waals surface area contributed by atoms with Crippen LogP contribution in [0.4, 0.5) is 0 Å². The average molecular weight is 412 g/mol. The highest BCUT2D eigenvalue weighted by Crippen LogP contribution is 2.32. The van der Waals surface area contributed by atoms with E-state index in [1.807, 2.05) is 25.1 Å². The first-order chi connectivity index (χ1) is 15.0. The van der Waals surface area contributed by atoms with E-state index in [9.17, 15) is 4.79 Å². The molecule has 4 nitrogen and oxygen atoms in total. The van der Waals surface area contributed by atoms with Crippen LogP contribution in [0.3, 0.4) is 0 Å². The molecule has 0 amide bonds. The first kappa shape index (κ1) is 20.5. The Morgan fingerprint density at radius 1 is 1.00 bits per heavy atom. The SMILES string of the molecule is COc1ccc(C(c2ccccc2)n2ccc3cc(CC(C)=CC(=O)O)ccc32)cc1. The number of hydrogen-bond donors (Lipinski definition) is 1. The molecule has 0 radical (unpaired) electrons. The van der Waals surface area contributed by atoms with Crippen molar-refractivity contribution in [2.75, 3.05) is 7.11 Å². The van der Waals surface area contributed by atoms with Gasteiger partial charge in [-0.25, -0.2) is 4.79 Å². The quantitative estimate of drug-likeness (QED) is 0.388. The molecular formula is C27H25NO3. The molecule has 0 aliphatic rings. The molecule has 0 fully saturated rings. The normalized spacial score (nSPS) is 12.6. The molecule has 1 unspecified atom stereocenters. The maximum absolute atomic E-state index is 10.9. The van der Waals surface area contributed by atoms with Crippen LogP contribution in [-0.2, 0) is 11.2 Å². The molecule has 31 heavy (non-hydrogen) atoms. The molecule has 156 valence electrons. The summed E-state index contributed by atoms with van der Waals surface area (Å²) in [4.78, 5) is 10.9. The van der Waals surface area contributed by atoms with E-state index in [1.165, 1.54) is 17.2 Å². The minimum atomic E-state index is -0.907. The van der Waals surface area contributed by atoms with Gasteiger partial charge in [-0.2, -0.15) is 0 Å². The van der Waals surface area contributed by atoms with Crippen molar-refractivity contribution >= 4 is 16.9 Å². The number of methoxy groups -OCH3 is 1. The van der Waals surface area contributed by atoms with Gasteiger partial charge in [-0.05, 0) is 65.8 Å². The zero-order valence-corrected chi connectivity index (χ0v) is 17.7. The maximum Gasteiger partial charge on any atom is 0.328 e. The van der Waals surface area contributed by atoms with E-state index in [2.05, 4.69) is 71.4 Å². The van der Waals surface area contributed by atoms with E-state index in [0.717, 1.165) is 27.8 Å². The summed E-state index contributed by atoms with van der Waals surface area (Å²) < 4.78 is 7.62. The van der Waals surface area contributed by atoms with Gasteiger partial charge in [0.2, 0.25) is 0 Å². The summed E-state index contributed by atoms with van der Waals surface area (Å²) in [6.45, 7) is 1.85. The number of carbonyl (C=O) groups is 1. The molecule has 4 rings (SSSR count). The van der Waals surface area contributed by atoms with E-state index in [-0.39, 0.29) is 6.04 Å². The summed E-state index contributed by atoms with van der Waals surface area (Å²) in [5.74, 6) is -0.0720. The van der Waals surface area contributed by atoms with Crippen LogP contribution >= 0.6 is 0 Å². The molecule has 0 spiro atoms. The number of hydrogen-bond acceptors (Lipinski definition) is 2. The number of nitrogens with zero attached hydrogens (tertiary/aromatic N) is 1. The Labute approximate surface area is 182 Å². The minimum Gasteiger partial charge on any atom is -0.497 e. The largest absolute Gasteiger partial charge is 0.497 e. The number of aliphatic carboxylic acids is 1. The van der Waals surface area contributed by atoms with Gasteiger partial charge < -0.3 is 14.4 Å². The molecule has 1 atom stereocenters. The topological polar surface area (TPSA) is 51.5 Å². The molecule has 0 saturated heterocycles. The van der Waals surface area contributed by atoms with Gasteiger partial charge in [-0.15, -0.1) is 0 Å². The number of carboxylic acids is 1. The smallest absolute Gasteiger partial charge is 0.328 e. The number of fused-ring (bicyclic) bond motifs is 1. The molecule has 0 aliphatic heterocycles. The lowest BCUT2D eigenvalue weighted by Crippen LogP contribution is -2.11. The highest BCUT2D eigenvalue weighted by atomic mass is 16.5. The molecular weight excluding hydrogens is 386 g/mol. The number of benzene rings is 3. The van der Waals surface area contributed by atoms with Crippen LogP contribution in [0.15, 0.2) is 96.7 Å². The first-order valence-corrected chi connectivity index (χ1v) is 10.2. The van der Waals surface area contributed by atoms with Gasteiger partial charge in [0.05, 0.1) is 13.2 Å². The van der Waals surface area contributed by atoms with E-state index < -0.39 is 5.97 Å². The minimum absolute atomic E-state index is 0.0316. The third-order valence-electron chi connectivity index (χ3n) is 5.46. The van der Waals surface area contributed by atoms with Crippen LogP contribution in [-0.4, -0.2) is 22.8 Å². The molecule has 4 heteroatoms. The summed E-state index contributed by atoms with van der Waals surface area (Å²) in [6, 6.07) is 27.1. The molecule has 3 aromatic carbocycles. The van der Waals surface area contributed by atoms with Crippen molar-refractivity contribution in [1.29, 1.82) is 0 Å². The molecule has 1 heterocycles. The Morgan fingerprint density at radius 3 is 2.39 bits per heavy atom. The Bertz CT molecular complexity index is 1220. The number of carboxylic acid groups (broad SMARTS) is 1. The summed E-state index contributed by atoms with van der Waals surface area (Å²) in [5.41, 5.74) is 5.43. The standard InChI is InChI=1S/C27H25NO3/c1-19(17-26(29)30)16-20-8-13-25-23(18-20)14-15-28(25)27(21-6-4-3-5-7-21)22-9-11-24(31-2)12-10-22/h3-15,17-18,27H,16H2,1-2H3,(H,29,30). The van der Waals surface area contributed by atoms with Crippen molar-refractivity contribution in [2.24, 2.45) is 0 Å². The van der Waals surface area contributed by atoms with Gasteiger partial charge >= 0.3 is 5.97 Å². The molecule has 1 N–H and O–H groups in total. The number of aromatic nitrogens is 1. The fourth-order valence-electron chi connectivity index (χ4n) is 4.07. The van der Waals surface area contributed by atoms with E-state index in [1.54, 1.807) is 7.11 Å². The number of allylic oxidation sites excluding steroid dienone is 1. The predicted molar refractivity (Wildman–Crippen MR) is 124 cm³/mol. The Morgan fingerprint density at radius 2 is 1.71 bits per heavy atom. The molecule has 0 aliphatic carbocycles. The van der Waals surface area contributed by atoms with Crippen LogP contribution in [0, 0.1) is 0 Å². The molecule has 1 aromatic heterocycles. The Hall–Kier alpha value is -3.79. The number of ether oxygens (including phenoxy) is 1. The van der Waals surface area contributed by atoms with Crippen LogP contribution in [0.25, 0.3) is 10.9 Å². The lowest BCUT2D eigenvalue weighted by Gasteiger charge is -2.22. The third-order valence-corrected chi connectivity index (χ3v) is 5.46. The van der Waals surface area contributed by atoms with Gasteiger partial charge in [0.1, 0.15) is 5.75 Å². The van der Waals surface area contributed by atoms with E-state index in [4.69, 9.17) is 9.84 Å². The zero-order valence-electron chi connectivity index (χ0n) is 17.7. The molecule has 0 bridgehead atoms. The fraction of sp³-hybridized carbons (Fsp3) is 0.148. The van der Waals surface area contributed by atoms with Gasteiger partial charge in [-0.1, -0.05) is 54.1 Å². The monoisotopic (exact) mass is 411 g/mol. The molecule has 4 aromatic rings. The van der Waals surface area contributed by atoms with E-state index >= 15 is 0 Å². The highest BCUT2D eigenvalue weighted by Gasteiger charge is 2.18. The molecule has 0 saturated carbocycles. The number of rotatable bonds is 7. The van der Waals surface area contributed by atoms with Crippen molar-refractivity contribution in [2.45, 2.75) is 19.4 Å². The van der Waals surface area contributed by atoms with Gasteiger partial charge in [0.25, 0.3) is 0 Å². The average Bonchev–Trinajstić information content (AvgIpc) is 3.17. The second kappa shape index (κ2) is 8.92. The summed E-state index contributed by atoms with van der Waals surface area (Å²) >= 11 is 0. The highest BCUT2D eigenvalue weighted by molar-refractivity contribution is 5.82. The lowest BCUT2D eigenvalue weighted by atomic mass is 9.98. The Balaban J connectivity index is 1.76. The van der Waals surface area contributed by atoms with Crippen molar-refractivity contribution in [3.63, 3.8) is 0 Å². The second-order valence-corrected chi connectivity index (χ2v) is 7.71. The summed E-state index contributed by atoms with van der Waals surface area (Å²) in [7, 11) is 1.67. The van der Waals surface area contributed by atoms with Crippen molar-refractivity contribution in [3.8, 4) is 5.75 Å². The van der Waals surface area contributed by atoms with Crippen molar-refractivity contribution in [3.05, 3.63) is 113 Å². The van der Waals surface area contributed by atoms with Crippen LogP contribution in [0.1, 0.15) is 29.7 Å². The maximum atomic E-state index is 10.9. The van der Waals surface area contributed by atoms with Gasteiger partial charge in [-0.3, -0.25) is 0 Å². The van der Waals surface area contributed by atoms with Gasteiger partial charge in [0.15, 0.2) is 0 Å². The lowest BCUT2D eigenvalue weighted by molar-refractivity contribution is -0.131. The fourth-order valence-corrected chi connectivity index (χ4v) is 4.07.